The van der Waals surface area contributed by atoms with Gasteiger partial charge in [0.25, 0.3) is 0 Å². The van der Waals surface area contributed by atoms with Crippen LogP contribution in [0.5, 0.6) is 0 Å². The molecule has 0 radical (unpaired) electrons. The van der Waals surface area contributed by atoms with Gasteiger partial charge in [0.1, 0.15) is 0 Å². The second kappa shape index (κ2) is 6.00. The number of amides is 1. The maximum absolute atomic E-state index is 11.9. The van der Waals surface area contributed by atoms with Gasteiger partial charge < -0.3 is 15.1 Å². The number of aliphatic hydroxyl groups is 1. The minimum absolute atomic E-state index is 0.0613. The van der Waals surface area contributed by atoms with Gasteiger partial charge in [0, 0.05) is 20.0 Å². The quantitative estimate of drug-likeness (QED) is 0.725. The second-order valence-corrected chi connectivity index (χ2v) is 4.99. The lowest BCUT2D eigenvalue weighted by atomic mass is 9.79. The van der Waals surface area contributed by atoms with Crippen molar-refractivity contribution in [2.45, 2.75) is 38.5 Å². The Labute approximate surface area is 101 Å². The molecule has 1 rings (SSSR count). The van der Waals surface area contributed by atoms with E-state index in [-0.39, 0.29) is 30.8 Å². The fraction of sp³-hybridized carbons (Fsp3) is 0.833. The molecule has 1 aliphatic rings. The molecule has 0 aromatic heterocycles. The molecule has 0 spiro atoms. The summed E-state index contributed by atoms with van der Waals surface area (Å²) in [5, 5.41) is 17.7. The van der Waals surface area contributed by atoms with E-state index < -0.39 is 5.97 Å². The van der Waals surface area contributed by atoms with E-state index >= 15 is 0 Å². The lowest BCUT2D eigenvalue weighted by Gasteiger charge is -2.28. The number of carboxylic acids is 1. The van der Waals surface area contributed by atoms with Crippen LogP contribution >= 0.6 is 0 Å². The Morgan fingerprint density at radius 1 is 1.24 bits per heavy atom. The summed E-state index contributed by atoms with van der Waals surface area (Å²) in [5.41, 5.74) is -0.355. The molecule has 5 heteroatoms. The fourth-order valence-electron chi connectivity index (χ4n) is 2.59. The van der Waals surface area contributed by atoms with Crippen LogP contribution < -0.4 is 0 Å². The van der Waals surface area contributed by atoms with Crippen molar-refractivity contribution < 1.29 is 19.8 Å². The predicted octanol–water partition coefficient (Wildman–Crippen LogP) is 0.862. The molecule has 5 nitrogen and oxygen atoms in total. The molecule has 0 heterocycles. The van der Waals surface area contributed by atoms with E-state index in [9.17, 15) is 9.59 Å². The van der Waals surface area contributed by atoms with Crippen LogP contribution in [-0.4, -0.2) is 47.2 Å². The van der Waals surface area contributed by atoms with Crippen LogP contribution in [0.15, 0.2) is 0 Å². The normalized spacial score (nSPS) is 18.0. The van der Waals surface area contributed by atoms with Gasteiger partial charge in [0.05, 0.1) is 13.0 Å². The molecule has 0 atom stereocenters. The fourth-order valence-corrected chi connectivity index (χ4v) is 2.59. The van der Waals surface area contributed by atoms with E-state index in [2.05, 4.69) is 0 Å². The third-order valence-corrected chi connectivity index (χ3v) is 3.58. The molecule has 1 saturated carbocycles. The van der Waals surface area contributed by atoms with E-state index in [1.165, 1.54) is 4.90 Å². The summed E-state index contributed by atoms with van der Waals surface area (Å²) < 4.78 is 0. The number of likely N-dealkylation sites (N-methyl/N-ethyl adjacent to an activating group) is 1. The first-order chi connectivity index (χ1) is 7.99. The lowest BCUT2D eigenvalue weighted by molar-refractivity contribution is -0.141. The molecule has 1 fully saturated rings. The third kappa shape index (κ3) is 4.00. The highest BCUT2D eigenvalue weighted by Crippen LogP contribution is 2.44. The molecule has 0 aliphatic heterocycles. The molecule has 0 aromatic carbocycles. The molecule has 0 saturated heterocycles. The molecular weight excluding hydrogens is 222 g/mol. The average Bonchev–Trinajstić information content (AvgIpc) is 2.65. The minimum atomic E-state index is -0.829. The SMILES string of the molecule is CN(CCO)C(=O)CC1(CC(=O)O)CCCC1. The number of carbonyl (C=O) groups excluding carboxylic acids is 1. The minimum Gasteiger partial charge on any atom is -0.481 e. The van der Waals surface area contributed by atoms with Gasteiger partial charge in [-0.1, -0.05) is 12.8 Å². The Hall–Kier alpha value is -1.10. The van der Waals surface area contributed by atoms with Gasteiger partial charge in [-0.15, -0.1) is 0 Å². The summed E-state index contributed by atoms with van der Waals surface area (Å²) in [7, 11) is 1.64. The first-order valence-corrected chi connectivity index (χ1v) is 6.06. The predicted molar refractivity (Wildman–Crippen MR) is 62.5 cm³/mol. The van der Waals surface area contributed by atoms with Crippen LogP contribution in [-0.2, 0) is 9.59 Å². The zero-order valence-electron chi connectivity index (χ0n) is 10.3. The first kappa shape index (κ1) is 14.0. The van der Waals surface area contributed by atoms with E-state index in [0.717, 1.165) is 25.7 Å². The van der Waals surface area contributed by atoms with Crippen LogP contribution in [0, 0.1) is 5.41 Å². The highest BCUT2D eigenvalue weighted by molar-refractivity contribution is 5.78. The number of hydrogen-bond donors (Lipinski definition) is 2. The Bertz CT molecular complexity index is 284. The van der Waals surface area contributed by atoms with Crippen LogP contribution in [0.2, 0.25) is 0 Å². The van der Waals surface area contributed by atoms with Gasteiger partial charge in [-0.05, 0) is 18.3 Å². The van der Waals surface area contributed by atoms with Gasteiger partial charge >= 0.3 is 5.97 Å². The molecule has 0 unspecified atom stereocenters. The van der Waals surface area contributed by atoms with Gasteiger partial charge in [-0.25, -0.2) is 0 Å². The molecule has 2 N–H and O–H groups in total. The highest BCUT2D eigenvalue weighted by Gasteiger charge is 2.38. The van der Waals surface area contributed by atoms with Gasteiger partial charge in [-0.2, -0.15) is 0 Å². The van der Waals surface area contributed by atoms with E-state index in [1.807, 2.05) is 0 Å². The number of hydrogen-bond acceptors (Lipinski definition) is 3. The summed E-state index contributed by atoms with van der Waals surface area (Å²) in [6.07, 6.45) is 4.01. The highest BCUT2D eigenvalue weighted by atomic mass is 16.4. The lowest BCUT2D eigenvalue weighted by Crippen LogP contribution is -2.35. The van der Waals surface area contributed by atoms with Crippen molar-refractivity contribution in [1.82, 2.24) is 4.90 Å². The Morgan fingerprint density at radius 2 is 1.82 bits per heavy atom. The number of nitrogens with zero attached hydrogens (tertiary/aromatic N) is 1. The third-order valence-electron chi connectivity index (χ3n) is 3.58. The van der Waals surface area contributed by atoms with Gasteiger partial charge in [-0.3, -0.25) is 9.59 Å². The molecule has 98 valence electrons. The number of carboxylic acid groups (broad SMARTS) is 1. The average molecular weight is 243 g/mol. The second-order valence-electron chi connectivity index (χ2n) is 4.99. The summed E-state index contributed by atoms with van der Waals surface area (Å²) in [6, 6.07) is 0. The molecule has 0 aromatic rings. The number of rotatable bonds is 6. The van der Waals surface area contributed by atoms with Crippen molar-refractivity contribution >= 4 is 11.9 Å². The van der Waals surface area contributed by atoms with Crippen molar-refractivity contribution in [3.63, 3.8) is 0 Å². The van der Waals surface area contributed by atoms with E-state index in [4.69, 9.17) is 10.2 Å². The summed E-state index contributed by atoms with van der Waals surface area (Å²) in [6.45, 7) is 0.246. The maximum atomic E-state index is 11.9. The molecule has 1 amide bonds. The topological polar surface area (TPSA) is 77.8 Å². The summed E-state index contributed by atoms with van der Waals surface area (Å²) >= 11 is 0. The number of carbonyl (C=O) groups is 2. The van der Waals surface area contributed by atoms with Crippen molar-refractivity contribution in [1.29, 1.82) is 0 Å². The largest absolute Gasteiger partial charge is 0.481 e. The van der Waals surface area contributed by atoms with Crippen molar-refractivity contribution in [2.24, 2.45) is 5.41 Å². The van der Waals surface area contributed by atoms with Crippen LogP contribution in [0.1, 0.15) is 38.5 Å². The van der Waals surface area contributed by atoms with E-state index in [1.54, 1.807) is 7.05 Å². The van der Waals surface area contributed by atoms with Crippen molar-refractivity contribution in [3.8, 4) is 0 Å². The smallest absolute Gasteiger partial charge is 0.303 e. The molecule has 17 heavy (non-hydrogen) atoms. The zero-order valence-corrected chi connectivity index (χ0v) is 10.3. The molecule has 0 bridgehead atoms. The van der Waals surface area contributed by atoms with Crippen LogP contribution in [0.25, 0.3) is 0 Å². The first-order valence-electron chi connectivity index (χ1n) is 6.06. The van der Waals surface area contributed by atoms with Crippen LogP contribution in [0.4, 0.5) is 0 Å². The Morgan fingerprint density at radius 3 is 2.29 bits per heavy atom. The molecule has 1 aliphatic carbocycles. The van der Waals surface area contributed by atoms with Crippen LogP contribution in [0.3, 0.4) is 0 Å². The van der Waals surface area contributed by atoms with Gasteiger partial charge in [0.15, 0.2) is 0 Å². The van der Waals surface area contributed by atoms with E-state index in [0.29, 0.717) is 6.54 Å². The number of aliphatic hydroxyl groups excluding tert-OH is 1. The monoisotopic (exact) mass is 243 g/mol. The van der Waals surface area contributed by atoms with Crippen molar-refractivity contribution in [2.75, 3.05) is 20.2 Å². The van der Waals surface area contributed by atoms with Crippen molar-refractivity contribution in [3.05, 3.63) is 0 Å². The molecular formula is C12H21NO4. The Kier molecular flexibility index (Phi) is 4.93. The Balaban J connectivity index is 2.60. The maximum Gasteiger partial charge on any atom is 0.303 e. The zero-order chi connectivity index (χ0) is 12.9. The number of aliphatic carboxylic acids is 1. The summed E-state index contributed by atoms with van der Waals surface area (Å²) in [5.74, 6) is -0.897. The summed E-state index contributed by atoms with van der Waals surface area (Å²) in [4.78, 5) is 24.2. The standard InChI is InChI=1S/C12H21NO4/c1-13(6-7-14)10(15)8-12(9-11(16)17)4-2-3-5-12/h14H,2-9H2,1H3,(H,16,17). The van der Waals surface area contributed by atoms with Gasteiger partial charge in [0.2, 0.25) is 5.91 Å².